The quantitative estimate of drug-likeness (QED) is 0.716. The summed E-state index contributed by atoms with van der Waals surface area (Å²) < 4.78 is 1.69. The highest BCUT2D eigenvalue weighted by molar-refractivity contribution is 6.30. The van der Waals surface area contributed by atoms with E-state index in [4.69, 9.17) is 17.3 Å². The SMILES string of the molecule is Nc1ccn2nc(-c3ccc(Cl)cc3)cc2n1. The van der Waals surface area contributed by atoms with Gasteiger partial charge in [-0.15, -0.1) is 0 Å². The Morgan fingerprint density at radius 1 is 1.12 bits per heavy atom. The minimum absolute atomic E-state index is 0.486. The zero-order valence-corrected chi connectivity index (χ0v) is 9.59. The highest BCUT2D eigenvalue weighted by Gasteiger charge is 2.05. The third-order valence-electron chi connectivity index (χ3n) is 2.49. The molecule has 3 rings (SSSR count). The number of rotatable bonds is 1. The van der Waals surface area contributed by atoms with Gasteiger partial charge >= 0.3 is 0 Å². The molecule has 0 bridgehead atoms. The average molecular weight is 245 g/mol. The number of benzene rings is 1. The van der Waals surface area contributed by atoms with Crippen molar-refractivity contribution in [1.29, 1.82) is 0 Å². The van der Waals surface area contributed by atoms with Crippen LogP contribution >= 0.6 is 11.6 Å². The Hall–Kier alpha value is -2.07. The van der Waals surface area contributed by atoms with Gasteiger partial charge in [0.1, 0.15) is 5.82 Å². The smallest absolute Gasteiger partial charge is 0.157 e. The minimum Gasteiger partial charge on any atom is -0.384 e. The Labute approximate surface area is 103 Å². The van der Waals surface area contributed by atoms with E-state index in [1.54, 1.807) is 16.8 Å². The van der Waals surface area contributed by atoms with E-state index in [-0.39, 0.29) is 0 Å². The van der Waals surface area contributed by atoms with Crippen molar-refractivity contribution in [2.75, 3.05) is 5.73 Å². The fourth-order valence-electron chi connectivity index (χ4n) is 1.66. The first-order valence-corrected chi connectivity index (χ1v) is 5.48. The largest absolute Gasteiger partial charge is 0.384 e. The molecule has 0 aliphatic carbocycles. The maximum Gasteiger partial charge on any atom is 0.157 e. The van der Waals surface area contributed by atoms with Gasteiger partial charge in [0.25, 0.3) is 0 Å². The monoisotopic (exact) mass is 244 g/mol. The van der Waals surface area contributed by atoms with Gasteiger partial charge in [-0.2, -0.15) is 5.10 Å². The molecule has 0 atom stereocenters. The number of halogens is 1. The third kappa shape index (κ3) is 1.83. The number of aromatic nitrogens is 3. The van der Waals surface area contributed by atoms with Crippen molar-refractivity contribution in [2.24, 2.45) is 0 Å². The summed E-state index contributed by atoms with van der Waals surface area (Å²) in [6.07, 6.45) is 1.79. The van der Waals surface area contributed by atoms with Gasteiger partial charge in [0.05, 0.1) is 5.69 Å². The maximum absolute atomic E-state index is 5.84. The summed E-state index contributed by atoms with van der Waals surface area (Å²) in [6.45, 7) is 0. The molecule has 1 aromatic carbocycles. The summed E-state index contributed by atoms with van der Waals surface area (Å²) >= 11 is 5.84. The Balaban J connectivity index is 2.14. The first kappa shape index (κ1) is 10.1. The van der Waals surface area contributed by atoms with E-state index in [0.717, 1.165) is 16.9 Å². The molecule has 3 aromatic rings. The van der Waals surface area contributed by atoms with Gasteiger partial charge in [-0.05, 0) is 18.2 Å². The molecular weight excluding hydrogens is 236 g/mol. The third-order valence-corrected chi connectivity index (χ3v) is 2.74. The van der Waals surface area contributed by atoms with E-state index in [9.17, 15) is 0 Å². The lowest BCUT2D eigenvalue weighted by atomic mass is 10.2. The Morgan fingerprint density at radius 2 is 1.88 bits per heavy atom. The van der Waals surface area contributed by atoms with Gasteiger partial charge < -0.3 is 5.73 Å². The van der Waals surface area contributed by atoms with E-state index in [1.807, 2.05) is 30.3 Å². The van der Waals surface area contributed by atoms with Crippen molar-refractivity contribution in [3.05, 3.63) is 47.6 Å². The van der Waals surface area contributed by atoms with Crippen LogP contribution in [0.3, 0.4) is 0 Å². The molecule has 0 radical (unpaired) electrons. The number of fused-ring (bicyclic) bond motifs is 1. The molecule has 17 heavy (non-hydrogen) atoms. The number of hydrogen-bond donors (Lipinski definition) is 1. The molecule has 84 valence electrons. The molecule has 0 aliphatic heterocycles. The van der Waals surface area contributed by atoms with Crippen molar-refractivity contribution in [3.8, 4) is 11.3 Å². The van der Waals surface area contributed by atoms with E-state index < -0.39 is 0 Å². The first-order valence-electron chi connectivity index (χ1n) is 5.10. The van der Waals surface area contributed by atoms with Gasteiger partial charge in [-0.25, -0.2) is 9.50 Å². The van der Waals surface area contributed by atoms with Crippen molar-refractivity contribution < 1.29 is 0 Å². The zero-order valence-electron chi connectivity index (χ0n) is 8.84. The number of anilines is 1. The molecule has 0 unspecified atom stereocenters. The number of nitrogens with two attached hydrogens (primary N) is 1. The van der Waals surface area contributed by atoms with Crippen LogP contribution in [0.1, 0.15) is 0 Å². The second-order valence-corrected chi connectivity index (χ2v) is 4.13. The molecule has 0 amide bonds. The van der Waals surface area contributed by atoms with Crippen LogP contribution in [0.4, 0.5) is 5.82 Å². The molecule has 0 saturated heterocycles. The van der Waals surface area contributed by atoms with Gasteiger partial charge in [0.2, 0.25) is 0 Å². The zero-order chi connectivity index (χ0) is 11.8. The molecule has 2 N–H and O–H groups in total. The van der Waals surface area contributed by atoms with Gasteiger partial charge in [-0.3, -0.25) is 0 Å². The van der Waals surface area contributed by atoms with Crippen molar-refractivity contribution in [2.45, 2.75) is 0 Å². The average Bonchev–Trinajstić information content (AvgIpc) is 2.72. The molecule has 0 fully saturated rings. The Morgan fingerprint density at radius 3 is 2.65 bits per heavy atom. The highest BCUT2D eigenvalue weighted by Crippen LogP contribution is 2.21. The normalized spacial score (nSPS) is 10.9. The van der Waals surface area contributed by atoms with Crippen molar-refractivity contribution in [3.63, 3.8) is 0 Å². The fraction of sp³-hybridized carbons (Fsp3) is 0. The van der Waals surface area contributed by atoms with Crippen LogP contribution in [0.25, 0.3) is 16.9 Å². The van der Waals surface area contributed by atoms with Gasteiger partial charge in [0, 0.05) is 22.8 Å². The van der Waals surface area contributed by atoms with Crippen LogP contribution < -0.4 is 5.73 Å². The minimum atomic E-state index is 0.486. The van der Waals surface area contributed by atoms with Crippen molar-refractivity contribution in [1.82, 2.24) is 14.6 Å². The standard InChI is InChI=1S/C12H9ClN4/c13-9-3-1-8(2-4-9)10-7-12-15-11(14)5-6-17(12)16-10/h1-7H,(H2,14,15). The van der Waals surface area contributed by atoms with Crippen LogP contribution in [-0.2, 0) is 0 Å². The summed E-state index contributed by atoms with van der Waals surface area (Å²) in [4.78, 5) is 4.19. The number of nitrogen functional groups attached to an aromatic ring is 1. The summed E-state index contributed by atoms with van der Waals surface area (Å²) in [5.74, 6) is 0.486. The lowest BCUT2D eigenvalue weighted by Crippen LogP contribution is -1.94. The van der Waals surface area contributed by atoms with Crippen LogP contribution in [0.5, 0.6) is 0 Å². The molecule has 2 aromatic heterocycles. The highest BCUT2D eigenvalue weighted by atomic mass is 35.5. The first-order chi connectivity index (χ1) is 8.22. The van der Waals surface area contributed by atoms with E-state index in [2.05, 4.69) is 10.1 Å². The van der Waals surface area contributed by atoms with E-state index in [0.29, 0.717) is 10.8 Å². The number of nitrogens with zero attached hydrogens (tertiary/aromatic N) is 3. The summed E-state index contributed by atoms with van der Waals surface area (Å²) in [7, 11) is 0. The van der Waals surface area contributed by atoms with Gasteiger partial charge in [-0.1, -0.05) is 23.7 Å². The van der Waals surface area contributed by atoms with Crippen LogP contribution in [0.2, 0.25) is 5.02 Å². The predicted molar refractivity (Wildman–Crippen MR) is 67.8 cm³/mol. The van der Waals surface area contributed by atoms with E-state index >= 15 is 0 Å². The molecular formula is C12H9ClN4. The number of hydrogen-bond acceptors (Lipinski definition) is 3. The maximum atomic E-state index is 5.84. The van der Waals surface area contributed by atoms with Crippen LogP contribution in [0, 0.1) is 0 Å². The predicted octanol–water partition coefficient (Wildman–Crippen LogP) is 2.63. The van der Waals surface area contributed by atoms with E-state index in [1.165, 1.54) is 0 Å². The molecule has 0 spiro atoms. The fourth-order valence-corrected chi connectivity index (χ4v) is 1.78. The molecule has 0 saturated carbocycles. The van der Waals surface area contributed by atoms with Crippen molar-refractivity contribution >= 4 is 23.1 Å². The topological polar surface area (TPSA) is 56.2 Å². The molecule has 4 nitrogen and oxygen atoms in total. The molecule has 5 heteroatoms. The second kappa shape index (κ2) is 3.75. The van der Waals surface area contributed by atoms with Gasteiger partial charge in [0.15, 0.2) is 5.65 Å². The molecule has 2 heterocycles. The lowest BCUT2D eigenvalue weighted by molar-refractivity contribution is 0.946. The summed E-state index contributed by atoms with van der Waals surface area (Å²) in [5, 5.41) is 5.12. The summed E-state index contributed by atoms with van der Waals surface area (Å²) in [6, 6.07) is 11.1. The van der Waals surface area contributed by atoms with Crippen LogP contribution in [0.15, 0.2) is 42.6 Å². The second-order valence-electron chi connectivity index (χ2n) is 3.69. The summed E-state index contributed by atoms with van der Waals surface area (Å²) in [5.41, 5.74) is 8.20. The van der Waals surface area contributed by atoms with Crippen LogP contribution in [-0.4, -0.2) is 14.6 Å². The Kier molecular flexibility index (Phi) is 2.23. The molecule has 0 aliphatic rings. The lowest BCUT2D eigenvalue weighted by Gasteiger charge is -1.95. The Bertz CT molecular complexity index is 673.